The van der Waals surface area contributed by atoms with Gasteiger partial charge in [0.25, 0.3) is 0 Å². The van der Waals surface area contributed by atoms with Crippen LogP contribution in [0.1, 0.15) is 75.2 Å². The van der Waals surface area contributed by atoms with Gasteiger partial charge in [-0.15, -0.1) is 22.1 Å². The van der Waals surface area contributed by atoms with Crippen LogP contribution in [-0.2, 0) is 19.1 Å². The largest absolute Gasteiger partial charge is 2.00 e. The molecule has 11 nitrogen and oxygen atoms in total. The molecule has 6 rings (SSSR count). The molecular weight excluding hydrogens is 625 g/mol. The van der Waals surface area contributed by atoms with Crippen molar-refractivity contribution < 1.29 is 34.1 Å². The summed E-state index contributed by atoms with van der Waals surface area (Å²) in [4.78, 5) is 57.4. The van der Waals surface area contributed by atoms with E-state index in [2.05, 4.69) is 13.2 Å². The number of rotatable bonds is 6. The Kier molecular flexibility index (Phi) is 9.19. The van der Waals surface area contributed by atoms with Crippen molar-refractivity contribution in [2.75, 3.05) is 14.2 Å². The Morgan fingerprint density at radius 2 is 1.54 bits per heavy atom. The first-order valence-corrected chi connectivity index (χ1v) is 14.6. The summed E-state index contributed by atoms with van der Waals surface area (Å²) < 4.78 is 10.2. The van der Waals surface area contributed by atoms with Crippen LogP contribution in [0.3, 0.4) is 0 Å². The summed E-state index contributed by atoms with van der Waals surface area (Å²) >= 11 is 0. The van der Waals surface area contributed by atoms with Crippen LogP contribution >= 0.6 is 0 Å². The molecule has 0 radical (unpaired) electrons. The van der Waals surface area contributed by atoms with Crippen molar-refractivity contribution in [3.8, 4) is 0 Å². The Morgan fingerprint density at radius 3 is 2.17 bits per heavy atom. The summed E-state index contributed by atoms with van der Waals surface area (Å²) in [6.07, 6.45) is 4.25. The zero-order valence-corrected chi connectivity index (χ0v) is 28.5. The van der Waals surface area contributed by atoms with Gasteiger partial charge in [-0.25, -0.2) is 19.6 Å². The Bertz CT molecular complexity index is 2240. The van der Waals surface area contributed by atoms with Gasteiger partial charge < -0.3 is 29.7 Å². The molecule has 12 heteroatoms. The SMILES string of the molecule is C=CC1=C(C)c2cc3[n-]c(c(/C=C/C(=O)O)c3C)c3c4nc(cc5[n-]c(cc1n2)c(C(=O)OC)c5C=C)C(C)=C4C(O)[C@@H]3C(=O)OC.[Mg+2]. The zero-order chi connectivity index (χ0) is 33.9. The Hall–Kier alpha value is -5.04. The first-order valence-electron chi connectivity index (χ1n) is 14.6. The normalized spacial score (nSPS) is 16.6. The van der Waals surface area contributed by atoms with E-state index < -0.39 is 29.9 Å². The van der Waals surface area contributed by atoms with Crippen molar-refractivity contribution in [1.82, 2.24) is 19.9 Å². The first kappa shape index (κ1) is 34.3. The van der Waals surface area contributed by atoms with Crippen molar-refractivity contribution >= 4 is 97.5 Å². The molecule has 2 aliphatic heterocycles. The summed E-state index contributed by atoms with van der Waals surface area (Å²) in [7, 11) is 2.51. The average molecular weight is 655 g/mol. The van der Waals surface area contributed by atoms with Crippen LogP contribution in [0.25, 0.3) is 56.5 Å². The summed E-state index contributed by atoms with van der Waals surface area (Å²) in [5.74, 6) is -3.67. The minimum atomic E-state index is -1.33. The molecule has 0 saturated carbocycles. The molecule has 0 spiro atoms. The number of carboxylic acid groups (broad SMARTS) is 1. The number of carboxylic acids is 1. The molecule has 238 valence electrons. The molecule has 1 unspecified atom stereocenters. The molecule has 3 aromatic rings. The van der Waals surface area contributed by atoms with Crippen molar-refractivity contribution in [2.45, 2.75) is 32.8 Å². The fraction of sp³-hybridized carbons (Fsp3) is 0.194. The van der Waals surface area contributed by atoms with Gasteiger partial charge in [0.1, 0.15) is 5.92 Å². The number of allylic oxidation sites excluding steroid dienone is 4. The van der Waals surface area contributed by atoms with Crippen LogP contribution in [0.4, 0.5) is 0 Å². The number of aliphatic hydroxyl groups excluding tert-OH is 1. The van der Waals surface area contributed by atoms with Crippen LogP contribution < -0.4 is 9.97 Å². The number of carbonyl (C=O) groups is 3. The van der Waals surface area contributed by atoms with E-state index in [0.29, 0.717) is 78.3 Å². The van der Waals surface area contributed by atoms with Crippen LogP contribution in [-0.4, -0.2) is 81.5 Å². The number of aliphatic carboxylic acids is 1. The van der Waals surface area contributed by atoms with Gasteiger partial charge in [-0.1, -0.05) is 43.0 Å². The quantitative estimate of drug-likeness (QED) is 0.215. The number of hydrogen-bond donors (Lipinski definition) is 2. The van der Waals surface area contributed by atoms with Crippen LogP contribution in [0.15, 0.2) is 43.5 Å². The van der Waals surface area contributed by atoms with E-state index >= 15 is 0 Å². The number of carbonyl (C=O) groups excluding carboxylic acids is 2. The van der Waals surface area contributed by atoms with Crippen LogP contribution in [0.2, 0.25) is 0 Å². The number of esters is 2. The predicted octanol–water partition coefficient (Wildman–Crippen LogP) is 4.71. The van der Waals surface area contributed by atoms with E-state index in [1.807, 2.05) is 6.92 Å². The second kappa shape index (κ2) is 12.9. The number of nitrogens with zero attached hydrogens (tertiary/aromatic N) is 4. The second-order valence-corrected chi connectivity index (χ2v) is 11.2. The fourth-order valence-corrected chi connectivity index (χ4v) is 6.43. The van der Waals surface area contributed by atoms with Crippen molar-refractivity contribution in [1.29, 1.82) is 0 Å². The molecule has 5 heterocycles. The molecule has 3 aromatic heterocycles. The monoisotopic (exact) mass is 654 g/mol. The number of fused-ring (bicyclic) bond motifs is 8. The van der Waals surface area contributed by atoms with E-state index in [1.165, 1.54) is 26.4 Å². The standard InChI is InChI=1S/C36H32N4O7.Mg/c1-8-18-15(3)21-12-22-16(4)20(10-11-27(41)42)32(39-22)30-31(36(45)47-7)34(43)28-17(5)23(40-33(28)30)13-25-19(9-2)29(35(44)46-6)26(38-25)14-24(18)37-21;/h8-14,31,34,43H,1-2H2,3-7H3,(H3,37,38,39,40,41,42,44);/q;+2/p-2/b11-10+,21-12?,22-12?,23-13?,24-14?,25-13?,26-14?,32-30?;/t31-,34?;/m1./s1. The molecule has 2 N–H and O–H groups in total. The Labute approximate surface area is 291 Å². The smallest absolute Gasteiger partial charge is 0.657 e. The summed E-state index contributed by atoms with van der Waals surface area (Å²) in [5, 5.41) is 21.1. The third-order valence-corrected chi connectivity index (χ3v) is 8.80. The molecule has 0 amide bonds. The van der Waals surface area contributed by atoms with Gasteiger partial charge >= 0.3 is 41.0 Å². The van der Waals surface area contributed by atoms with Gasteiger partial charge in [0.05, 0.1) is 48.7 Å². The number of methoxy groups -OCH3 is 2. The van der Waals surface area contributed by atoms with Gasteiger partial charge in [0.15, 0.2) is 0 Å². The maximum absolute atomic E-state index is 13.3. The van der Waals surface area contributed by atoms with Crippen molar-refractivity contribution in [3.63, 3.8) is 0 Å². The topological polar surface area (TPSA) is 164 Å². The maximum atomic E-state index is 13.3. The van der Waals surface area contributed by atoms with Gasteiger partial charge in [-0.3, -0.25) is 4.79 Å². The van der Waals surface area contributed by atoms with E-state index in [-0.39, 0.29) is 34.1 Å². The summed E-state index contributed by atoms with van der Waals surface area (Å²) in [6.45, 7) is 13.3. The molecule has 48 heavy (non-hydrogen) atoms. The number of aliphatic hydroxyl groups is 1. The predicted molar refractivity (Wildman–Crippen MR) is 183 cm³/mol. The fourth-order valence-electron chi connectivity index (χ4n) is 6.43. The van der Waals surface area contributed by atoms with E-state index in [1.54, 1.807) is 38.1 Å². The van der Waals surface area contributed by atoms with Gasteiger partial charge in [-0.2, -0.15) is 0 Å². The Balaban J connectivity index is 0.00000451. The Morgan fingerprint density at radius 1 is 0.875 bits per heavy atom. The molecule has 2 atom stereocenters. The maximum Gasteiger partial charge on any atom is 2.00 e. The minimum absolute atomic E-state index is 0. The molecule has 8 bridgehead atoms. The molecule has 1 aliphatic carbocycles. The summed E-state index contributed by atoms with van der Waals surface area (Å²) in [5.41, 5.74) is 7.68. The second-order valence-electron chi connectivity index (χ2n) is 11.2. The van der Waals surface area contributed by atoms with E-state index in [4.69, 9.17) is 29.4 Å². The molecule has 3 aliphatic rings. The summed E-state index contributed by atoms with van der Waals surface area (Å²) in [6, 6.07) is 5.12. The minimum Gasteiger partial charge on any atom is -0.657 e. The van der Waals surface area contributed by atoms with Crippen molar-refractivity contribution in [3.05, 3.63) is 94.1 Å². The molecule has 0 fully saturated rings. The molecule has 0 aromatic carbocycles. The number of hydrogen-bond acceptors (Lipinski definition) is 8. The van der Waals surface area contributed by atoms with Crippen molar-refractivity contribution in [2.24, 2.45) is 0 Å². The molecular formula is C36H30MgN4O7. The number of aryl methyl sites for hydroxylation is 1. The number of ether oxygens (including phenoxy) is 2. The average Bonchev–Trinajstić information content (AvgIpc) is 3.79. The molecule has 0 saturated heterocycles. The van der Waals surface area contributed by atoms with Crippen LogP contribution in [0.5, 0.6) is 0 Å². The third kappa shape index (κ3) is 5.22. The van der Waals surface area contributed by atoms with E-state index in [0.717, 1.165) is 11.6 Å². The van der Waals surface area contributed by atoms with E-state index in [9.17, 15) is 24.6 Å². The van der Waals surface area contributed by atoms with Gasteiger partial charge in [-0.05, 0) is 60.8 Å². The van der Waals surface area contributed by atoms with Gasteiger partial charge in [0, 0.05) is 17.2 Å². The first-order chi connectivity index (χ1) is 22.4. The van der Waals surface area contributed by atoms with Gasteiger partial charge in [0.2, 0.25) is 0 Å². The third-order valence-electron chi connectivity index (χ3n) is 8.80. The zero-order valence-electron chi connectivity index (χ0n) is 27.0. The van der Waals surface area contributed by atoms with Crippen LogP contribution in [0, 0.1) is 6.92 Å². The number of aromatic nitrogens is 4.